The molecular weight excluding hydrogens is 256 g/mol. The van der Waals surface area contributed by atoms with Gasteiger partial charge in [0.25, 0.3) is 0 Å². The van der Waals surface area contributed by atoms with Gasteiger partial charge in [-0.15, -0.1) is 0 Å². The first kappa shape index (κ1) is 14.7. The highest BCUT2D eigenvalue weighted by Crippen LogP contribution is 2.18. The number of nitrogens with two attached hydrogens (primary N) is 1. The maximum Gasteiger partial charge on any atom is 0.123 e. The lowest BCUT2D eigenvalue weighted by molar-refractivity contribution is 0.528. The molecule has 3 heteroatoms. The van der Waals surface area contributed by atoms with Crippen molar-refractivity contribution >= 4 is 0 Å². The quantitative estimate of drug-likeness (QED) is 0.886. The van der Waals surface area contributed by atoms with Crippen molar-refractivity contribution in [2.24, 2.45) is 11.7 Å². The highest BCUT2D eigenvalue weighted by molar-refractivity contribution is 5.27. The van der Waals surface area contributed by atoms with Crippen LogP contribution in [0.25, 0.3) is 0 Å². The first-order chi connectivity index (χ1) is 9.58. The van der Waals surface area contributed by atoms with Crippen molar-refractivity contribution in [3.8, 4) is 0 Å². The second-order valence-electron chi connectivity index (χ2n) is 5.21. The molecule has 0 spiro atoms. The molecule has 20 heavy (non-hydrogen) atoms. The van der Waals surface area contributed by atoms with E-state index in [2.05, 4.69) is 0 Å². The zero-order chi connectivity index (χ0) is 14.5. The van der Waals surface area contributed by atoms with Gasteiger partial charge in [-0.1, -0.05) is 18.2 Å². The molecule has 0 saturated heterocycles. The number of benzene rings is 2. The molecule has 2 rings (SSSR count). The van der Waals surface area contributed by atoms with Crippen LogP contribution in [0.15, 0.2) is 42.5 Å². The van der Waals surface area contributed by atoms with Crippen LogP contribution < -0.4 is 5.73 Å². The molecule has 0 aliphatic rings. The van der Waals surface area contributed by atoms with Crippen molar-refractivity contribution in [1.82, 2.24) is 0 Å². The van der Waals surface area contributed by atoms with E-state index in [1.165, 1.54) is 18.2 Å². The van der Waals surface area contributed by atoms with Gasteiger partial charge in [-0.3, -0.25) is 0 Å². The van der Waals surface area contributed by atoms with Gasteiger partial charge in [-0.2, -0.15) is 0 Å². The highest BCUT2D eigenvalue weighted by atomic mass is 19.1. The van der Waals surface area contributed by atoms with E-state index in [1.807, 2.05) is 6.92 Å². The Balaban J connectivity index is 2.08. The Morgan fingerprint density at radius 2 is 1.60 bits per heavy atom. The predicted molar refractivity (Wildman–Crippen MR) is 77.5 cm³/mol. The molecule has 0 aromatic heterocycles. The van der Waals surface area contributed by atoms with Crippen LogP contribution in [0.4, 0.5) is 8.78 Å². The topological polar surface area (TPSA) is 26.0 Å². The molecule has 0 heterocycles. The standard InChI is InChI=1S/C17H19F2N/c1-12-2-5-17(19)10-15(12)9-14(11-20)8-13-3-6-16(18)7-4-13/h2-7,10,14H,8-9,11,20H2,1H3. The van der Waals surface area contributed by atoms with Crippen LogP contribution in [-0.4, -0.2) is 6.54 Å². The Morgan fingerprint density at radius 3 is 2.25 bits per heavy atom. The average molecular weight is 275 g/mol. The summed E-state index contributed by atoms with van der Waals surface area (Å²) in [5.41, 5.74) is 8.93. The van der Waals surface area contributed by atoms with Crippen molar-refractivity contribution in [2.75, 3.05) is 6.54 Å². The van der Waals surface area contributed by atoms with E-state index >= 15 is 0 Å². The summed E-state index contributed by atoms with van der Waals surface area (Å²) in [5.74, 6) is -0.233. The Kier molecular flexibility index (Phi) is 4.85. The molecule has 0 fully saturated rings. The van der Waals surface area contributed by atoms with Gasteiger partial charge >= 0.3 is 0 Å². The van der Waals surface area contributed by atoms with E-state index in [0.29, 0.717) is 6.54 Å². The summed E-state index contributed by atoms with van der Waals surface area (Å²) >= 11 is 0. The van der Waals surface area contributed by atoms with Gasteiger partial charge in [0.1, 0.15) is 11.6 Å². The molecule has 1 unspecified atom stereocenters. The van der Waals surface area contributed by atoms with Gasteiger partial charge in [-0.25, -0.2) is 8.78 Å². The lowest BCUT2D eigenvalue weighted by atomic mass is 9.91. The third-order valence-corrected chi connectivity index (χ3v) is 3.59. The zero-order valence-electron chi connectivity index (χ0n) is 11.6. The molecule has 0 aliphatic heterocycles. The van der Waals surface area contributed by atoms with Gasteiger partial charge in [0.2, 0.25) is 0 Å². The number of rotatable bonds is 5. The molecule has 0 aliphatic carbocycles. The van der Waals surface area contributed by atoms with E-state index in [1.54, 1.807) is 24.3 Å². The third kappa shape index (κ3) is 3.87. The summed E-state index contributed by atoms with van der Waals surface area (Å²) in [6.45, 7) is 2.49. The maximum atomic E-state index is 13.3. The smallest absolute Gasteiger partial charge is 0.123 e. The Morgan fingerprint density at radius 1 is 0.950 bits per heavy atom. The fraction of sp³-hybridized carbons (Fsp3) is 0.294. The minimum Gasteiger partial charge on any atom is -0.330 e. The molecule has 2 N–H and O–H groups in total. The predicted octanol–water partition coefficient (Wildman–Crippen LogP) is 3.63. The SMILES string of the molecule is Cc1ccc(F)cc1CC(CN)Cc1ccc(F)cc1. The summed E-state index contributed by atoms with van der Waals surface area (Å²) in [5, 5.41) is 0. The Labute approximate surface area is 118 Å². The van der Waals surface area contributed by atoms with E-state index in [9.17, 15) is 8.78 Å². The molecule has 1 atom stereocenters. The van der Waals surface area contributed by atoms with Crippen molar-refractivity contribution in [1.29, 1.82) is 0 Å². The molecule has 0 bridgehead atoms. The zero-order valence-corrected chi connectivity index (χ0v) is 11.6. The largest absolute Gasteiger partial charge is 0.330 e. The molecule has 106 valence electrons. The molecule has 2 aromatic carbocycles. The van der Waals surface area contributed by atoms with Gasteiger partial charge in [0, 0.05) is 0 Å². The van der Waals surface area contributed by atoms with Crippen LogP contribution in [0.2, 0.25) is 0 Å². The number of hydrogen-bond donors (Lipinski definition) is 1. The second-order valence-corrected chi connectivity index (χ2v) is 5.21. The number of halogens is 2. The lowest BCUT2D eigenvalue weighted by Gasteiger charge is -2.16. The van der Waals surface area contributed by atoms with E-state index in [4.69, 9.17) is 5.73 Å². The Hall–Kier alpha value is -1.74. The van der Waals surface area contributed by atoms with Crippen LogP contribution in [0.3, 0.4) is 0 Å². The summed E-state index contributed by atoms with van der Waals surface area (Å²) in [6, 6.07) is 11.3. The van der Waals surface area contributed by atoms with Crippen LogP contribution in [0, 0.1) is 24.5 Å². The minimum absolute atomic E-state index is 0.219. The Bertz CT molecular complexity index is 564. The molecule has 1 nitrogen and oxygen atoms in total. The lowest BCUT2D eigenvalue weighted by Crippen LogP contribution is -2.20. The van der Waals surface area contributed by atoms with E-state index < -0.39 is 0 Å². The molecule has 0 radical (unpaired) electrons. The van der Waals surface area contributed by atoms with Crippen molar-refractivity contribution in [3.05, 3.63) is 70.8 Å². The fourth-order valence-corrected chi connectivity index (χ4v) is 2.36. The third-order valence-electron chi connectivity index (χ3n) is 3.59. The van der Waals surface area contributed by atoms with Crippen LogP contribution >= 0.6 is 0 Å². The highest BCUT2D eigenvalue weighted by Gasteiger charge is 2.11. The summed E-state index contributed by atoms with van der Waals surface area (Å²) < 4.78 is 26.2. The normalized spacial score (nSPS) is 12.4. The van der Waals surface area contributed by atoms with Gasteiger partial charge in [-0.05, 0) is 73.2 Å². The van der Waals surface area contributed by atoms with Crippen molar-refractivity contribution in [3.63, 3.8) is 0 Å². The minimum atomic E-state index is -0.237. The van der Waals surface area contributed by atoms with Gasteiger partial charge in [0.15, 0.2) is 0 Å². The summed E-state index contributed by atoms with van der Waals surface area (Å²) in [7, 11) is 0. The first-order valence-electron chi connectivity index (χ1n) is 6.78. The van der Waals surface area contributed by atoms with Crippen molar-refractivity contribution < 1.29 is 8.78 Å². The van der Waals surface area contributed by atoms with E-state index in [0.717, 1.165) is 29.5 Å². The molecule has 2 aromatic rings. The first-order valence-corrected chi connectivity index (χ1v) is 6.78. The summed E-state index contributed by atoms with van der Waals surface area (Å²) in [4.78, 5) is 0. The summed E-state index contributed by atoms with van der Waals surface area (Å²) in [6.07, 6.45) is 1.50. The molecule has 0 saturated carbocycles. The van der Waals surface area contributed by atoms with Crippen LogP contribution in [0.5, 0.6) is 0 Å². The molecule has 0 amide bonds. The maximum absolute atomic E-state index is 13.3. The van der Waals surface area contributed by atoms with Crippen LogP contribution in [-0.2, 0) is 12.8 Å². The molecular formula is C17H19F2N. The number of hydrogen-bond acceptors (Lipinski definition) is 1. The van der Waals surface area contributed by atoms with Crippen molar-refractivity contribution in [2.45, 2.75) is 19.8 Å². The monoisotopic (exact) mass is 275 g/mol. The second kappa shape index (κ2) is 6.62. The van der Waals surface area contributed by atoms with Gasteiger partial charge in [0.05, 0.1) is 0 Å². The van der Waals surface area contributed by atoms with E-state index in [-0.39, 0.29) is 17.6 Å². The number of aryl methyl sites for hydroxylation is 1. The van der Waals surface area contributed by atoms with Crippen LogP contribution in [0.1, 0.15) is 16.7 Å². The fourth-order valence-electron chi connectivity index (χ4n) is 2.36. The average Bonchev–Trinajstić information content (AvgIpc) is 2.44. The van der Waals surface area contributed by atoms with Gasteiger partial charge < -0.3 is 5.73 Å².